The molecule has 0 spiro atoms. The molecule has 5 aliphatic rings. The van der Waals surface area contributed by atoms with Gasteiger partial charge in [-0.1, -0.05) is 5.16 Å². The number of amides is 1. The molecule has 6 nitrogen and oxygen atoms in total. The van der Waals surface area contributed by atoms with E-state index in [0.29, 0.717) is 5.92 Å². The lowest BCUT2D eigenvalue weighted by atomic mass is 9.37. The first-order valence-corrected chi connectivity index (χ1v) is 6.93. The van der Waals surface area contributed by atoms with Crippen LogP contribution in [0.3, 0.4) is 0 Å². The summed E-state index contributed by atoms with van der Waals surface area (Å²) < 4.78 is 0. The fraction of sp³-hybridized carbons (Fsp3) is 0.846. The average molecular weight is 266 g/mol. The summed E-state index contributed by atoms with van der Waals surface area (Å²) in [5.74, 6) is 0.440. The maximum atomic E-state index is 10.7. The van der Waals surface area contributed by atoms with Gasteiger partial charge in [0.05, 0.1) is 11.8 Å². The van der Waals surface area contributed by atoms with Crippen molar-refractivity contribution >= 4 is 11.8 Å². The van der Waals surface area contributed by atoms with Crippen molar-refractivity contribution in [2.75, 3.05) is 0 Å². The summed E-state index contributed by atoms with van der Waals surface area (Å²) in [5.41, 5.74) is 1.05. The van der Waals surface area contributed by atoms with Crippen LogP contribution in [0.25, 0.3) is 0 Å². The Labute approximate surface area is 110 Å². The Kier molecular flexibility index (Phi) is 2.07. The zero-order valence-electron chi connectivity index (χ0n) is 10.6. The van der Waals surface area contributed by atoms with Crippen molar-refractivity contribution < 1.29 is 19.8 Å². The first-order valence-electron chi connectivity index (χ1n) is 6.93. The summed E-state index contributed by atoms with van der Waals surface area (Å²) in [6.07, 6.45) is 4.17. The van der Waals surface area contributed by atoms with Crippen LogP contribution in [0.5, 0.6) is 0 Å². The zero-order chi connectivity index (χ0) is 13.3. The fourth-order valence-corrected chi connectivity index (χ4v) is 4.35. The number of hydrogen-bond donors (Lipinski definition) is 3. The van der Waals surface area contributed by atoms with E-state index in [0.717, 1.165) is 44.2 Å². The van der Waals surface area contributed by atoms with Gasteiger partial charge >= 0.3 is 6.09 Å². The van der Waals surface area contributed by atoms with E-state index in [1.807, 2.05) is 0 Å². The molecule has 0 radical (unpaired) electrons. The standard InChI is InChI=1S/C13H18N2O4/c16-8-1-7(2-8)9-3-10(15-19-9)12-4-13(5-12,6-12)14-11(17)18/h7-9,14,16H,1-6H2,(H,17,18). The molecule has 0 saturated heterocycles. The third-order valence-corrected chi connectivity index (χ3v) is 5.38. The predicted molar refractivity (Wildman–Crippen MR) is 65.8 cm³/mol. The van der Waals surface area contributed by atoms with E-state index in [9.17, 15) is 9.90 Å². The number of oxime groups is 1. The Morgan fingerprint density at radius 3 is 2.63 bits per heavy atom. The van der Waals surface area contributed by atoms with Crippen molar-refractivity contribution in [2.24, 2.45) is 16.5 Å². The lowest BCUT2D eigenvalue weighted by Crippen LogP contribution is -2.76. The van der Waals surface area contributed by atoms with Crippen molar-refractivity contribution in [3.8, 4) is 0 Å². The summed E-state index contributed by atoms with van der Waals surface area (Å²) in [6.45, 7) is 0. The number of nitrogens with zero attached hydrogens (tertiary/aromatic N) is 1. The molecule has 4 aliphatic carbocycles. The van der Waals surface area contributed by atoms with Crippen LogP contribution in [0.1, 0.15) is 38.5 Å². The van der Waals surface area contributed by atoms with Gasteiger partial charge in [-0.15, -0.1) is 0 Å². The average Bonchev–Trinajstić information content (AvgIpc) is 2.65. The lowest BCUT2D eigenvalue weighted by molar-refractivity contribution is -0.0951. The van der Waals surface area contributed by atoms with Gasteiger partial charge in [-0.25, -0.2) is 4.79 Å². The minimum absolute atomic E-state index is 0.111. The van der Waals surface area contributed by atoms with Gasteiger partial charge in [0.15, 0.2) is 0 Å². The van der Waals surface area contributed by atoms with Gasteiger partial charge < -0.3 is 20.4 Å². The van der Waals surface area contributed by atoms with Gasteiger partial charge in [-0.05, 0) is 32.1 Å². The lowest BCUT2D eigenvalue weighted by Gasteiger charge is -2.69. The molecule has 19 heavy (non-hydrogen) atoms. The normalized spacial score (nSPS) is 50.2. The Balaban J connectivity index is 1.33. The molecule has 6 heteroatoms. The van der Waals surface area contributed by atoms with Crippen molar-refractivity contribution in [1.29, 1.82) is 0 Å². The molecule has 0 aromatic heterocycles. The third kappa shape index (κ3) is 1.52. The van der Waals surface area contributed by atoms with E-state index < -0.39 is 6.09 Å². The van der Waals surface area contributed by atoms with Crippen LogP contribution in [-0.2, 0) is 4.84 Å². The molecule has 2 bridgehead atoms. The molecule has 3 N–H and O–H groups in total. The number of nitrogens with one attached hydrogen (secondary N) is 1. The highest BCUT2D eigenvalue weighted by Gasteiger charge is 2.71. The van der Waals surface area contributed by atoms with Gasteiger partial charge in [0.1, 0.15) is 6.10 Å². The van der Waals surface area contributed by atoms with Crippen molar-refractivity contribution in [3.63, 3.8) is 0 Å². The number of hydrogen-bond acceptors (Lipinski definition) is 4. The molecule has 5 rings (SSSR count). The van der Waals surface area contributed by atoms with E-state index in [-0.39, 0.29) is 23.2 Å². The monoisotopic (exact) mass is 266 g/mol. The van der Waals surface area contributed by atoms with Crippen LogP contribution in [0.4, 0.5) is 4.79 Å². The fourth-order valence-electron chi connectivity index (χ4n) is 4.35. The van der Waals surface area contributed by atoms with Crippen LogP contribution in [-0.4, -0.2) is 39.8 Å². The number of aliphatic hydroxyl groups is 1. The van der Waals surface area contributed by atoms with E-state index in [2.05, 4.69) is 10.5 Å². The molecule has 1 amide bonds. The number of rotatable bonds is 3. The van der Waals surface area contributed by atoms with Crippen LogP contribution in [0.2, 0.25) is 0 Å². The molecule has 4 fully saturated rings. The Morgan fingerprint density at radius 1 is 1.37 bits per heavy atom. The molecule has 0 aromatic rings. The molecular weight excluding hydrogens is 248 g/mol. The first-order chi connectivity index (χ1) is 9.00. The van der Waals surface area contributed by atoms with Gasteiger partial charge in [0.2, 0.25) is 0 Å². The van der Waals surface area contributed by atoms with Gasteiger partial charge in [-0.2, -0.15) is 0 Å². The second kappa shape index (κ2) is 3.42. The van der Waals surface area contributed by atoms with Crippen LogP contribution in [0.15, 0.2) is 5.16 Å². The van der Waals surface area contributed by atoms with Gasteiger partial charge in [0.25, 0.3) is 0 Å². The van der Waals surface area contributed by atoms with E-state index >= 15 is 0 Å². The summed E-state index contributed by atoms with van der Waals surface area (Å²) in [4.78, 5) is 16.2. The predicted octanol–water partition coefficient (Wildman–Crippen LogP) is 1.09. The second-order valence-electron chi connectivity index (χ2n) is 6.79. The molecule has 1 atom stereocenters. The van der Waals surface area contributed by atoms with Crippen LogP contribution < -0.4 is 5.32 Å². The quantitative estimate of drug-likeness (QED) is 0.713. The Morgan fingerprint density at radius 2 is 2.05 bits per heavy atom. The maximum absolute atomic E-state index is 10.7. The Bertz CT molecular complexity index is 449. The molecule has 1 aliphatic heterocycles. The highest BCUT2D eigenvalue weighted by molar-refractivity contribution is 5.95. The minimum Gasteiger partial charge on any atom is -0.465 e. The van der Waals surface area contributed by atoms with Crippen molar-refractivity contribution in [2.45, 2.75) is 56.3 Å². The summed E-state index contributed by atoms with van der Waals surface area (Å²) in [6, 6.07) is 0. The SMILES string of the molecule is O=C(O)NC12CC(C3=NOC(C4CC(O)C4)C3)(C1)C2. The largest absolute Gasteiger partial charge is 0.465 e. The number of carbonyl (C=O) groups is 1. The van der Waals surface area contributed by atoms with Gasteiger partial charge in [-0.3, -0.25) is 0 Å². The van der Waals surface area contributed by atoms with E-state index in [1.54, 1.807) is 0 Å². The van der Waals surface area contributed by atoms with Gasteiger partial charge in [0, 0.05) is 23.3 Å². The summed E-state index contributed by atoms with van der Waals surface area (Å²) in [5, 5.41) is 25.0. The molecule has 1 heterocycles. The molecule has 1 unspecified atom stereocenters. The summed E-state index contributed by atoms with van der Waals surface area (Å²) >= 11 is 0. The summed E-state index contributed by atoms with van der Waals surface area (Å²) in [7, 11) is 0. The topological polar surface area (TPSA) is 91.2 Å². The zero-order valence-corrected chi connectivity index (χ0v) is 10.6. The van der Waals surface area contributed by atoms with Crippen molar-refractivity contribution in [3.05, 3.63) is 0 Å². The number of aliphatic hydroxyl groups excluding tert-OH is 1. The smallest absolute Gasteiger partial charge is 0.405 e. The molecule has 104 valence electrons. The number of carboxylic acid groups (broad SMARTS) is 1. The second-order valence-corrected chi connectivity index (χ2v) is 6.79. The molecule has 4 saturated carbocycles. The van der Waals surface area contributed by atoms with E-state index in [4.69, 9.17) is 9.94 Å². The van der Waals surface area contributed by atoms with E-state index in [1.165, 1.54) is 0 Å². The van der Waals surface area contributed by atoms with Crippen LogP contribution >= 0.6 is 0 Å². The minimum atomic E-state index is -0.931. The van der Waals surface area contributed by atoms with Crippen molar-refractivity contribution in [1.82, 2.24) is 5.32 Å². The third-order valence-electron chi connectivity index (χ3n) is 5.38. The highest BCUT2D eigenvalue weighted by Crippen LogP contribution is 2.68. The molecule has 0 aromatic carbocycles. The Hall–Kier alpha value is -1.30. The first kappa shape index (κ1) is 11.5. The maximum Gasteiger partial charge on any atom is 0.405 e. The molecular formula is C13H18N2O4. The van der Waals surface area contributed by atoms with Crippen LogP contribution in [0, 0.1) is 11.3 Å². The highest BCUT2D eigenvalue weighted by atomic mass is 16.6.